The molecule has 1 aromatic rings. The van der Waals surface area contributed by atoms with E-state index in [1.165, 1.54) is 11.1 Å². The molecule has 1 nitrogen and oxygen atoms in total. The van der Waals surface area contributed by atoms with Crippen molar-refractivity contribution in [3.05, 3.63) is 23.3 Å². The zero-order valence-corrected chi connectivity index (χ0v) is 8.52. The van der Waals surface area contributed by atoms with E-state index in [1.807, 2.05) is 20.8 Å². The van der Waals surface area contributed by atoms with Crippen LogP contribution in [0.3, 0.4) is 0 Å². The average molecular weight is 179 g/mol. The monoisotopic (exact) mass is 179 g/mol. The predicted octanol–water partition coefficient (Wildman–Crippen LogP) is 3.31. The highest BCUT2D eigenvalue weighted by Crippen LogP contribution is 2.29. The molecule has 0 saturated carbocycles. The number of nitrogens with zero attached hydrogens (tertiary/aromatic N) is 1. The highest BCUT2D eigenvalue weighted by Gasteiger charge is 2.02. The Balaban J connectivity index is 3.32. The lowest BCUT2D eigenvalue weighted by molar-refractivity contribution is 1.24. The maximum Gasteiger partial charge on any atom is 0.0790 e. The van der Waals surface area contributed by atoms with Crippen LogP contribution in [-0.4, -0.2) is 6.21 Å². The molecule has 0 fully saturated rings. The molecular weight excluding hydrogens is 166 g/mol. The van der Waals surface area contributed by atoms with Crippen molar-refractivity contribution in [3.63, 3.8) is 0 Å². The van der Waals surface area contributed by atoms with Crippen molar-refractivity contribution in [2.75, 3.05) is 0 Å². The van der Waals surface area contributed by atoms with E-state index in [9.17, 15) is 0 Å². The summed E-state index contributed by atoms with van der Waals surface area (Å²) in [4.78, 5) is 5.24. The van der Waals surface area contributed by atoms with Gasteiger partial charge in [-0.25, -0.2) is 0 Å². The fourth-order valence-electron chi connectivity index (χ4n) is 1.07. The quantitative estimate of drug-likeness (QED) is 0.501. The number of hydrogen-bond acceptors (Lipinski definition) is 2. The van der Waals surface area contributed by atoms with Gasteiger partial charge in [-0.2, -0.15) is 0 Å². The highest BCUT2D eigenvalue weighted by atomic mass is 32.1. The lowest BCUT2D eigenvalue weighted by Crippen LogP contribution is -1.81. The Morgan fingerprint density at radius 1 is 1.25 bits per heavy atom. The summed E-state index contributed by atoms with van der Waals surface area (Å²) in [6.07, 6.45) is 1.79. The van der Waals surface area contributed by atoms with E-state index in [4.69, 9.17) is 0 Å². The molecule has 0 atom stereocenters. The van der Waals surface area contributed by atoms with Crippen LogP contribution in [-0.2, 0) is 0 Å². The molecule has 0 N–H and O–H groups in total. The van der Waals surface area contributed by atoms with Crippen LogP contribution in [0.25, 0.3) is 0 Å². The summed E-state index contributed by atoms with van der Waals surface area (Å²) < 4.78 is 0. The van der Waals surface area contributed by atoms with E-state index in [1.54, 1.807) is 6.21 Å². The van der Waals surface area contributed by atoms with Crippen molar-refractivity contribution in [1.82, 2.24) is 0 Å². The fourth-order valence-corrected chi connectivity index (χ4v) is 1.38. The second-order valence-corrected chi connectivity index (χ2v) is 3.23. The van der Waals surface area contributed by atoms with Crippen molar-refractivity contribution >= 4 is 24.5 Å². The molecule has 0 saturated heterocycles. The van der Waals surface area contributed by atoms with Crippen molar-refractivity contribution in [2.45, 2.75) is 25.7 Å². The summed E-state index contributed by atoms with van der Waals surface area (Å²) in [5, 5.41) is 0. The number of thiol groups is 1. The first-order chi connectivity index (χ1) is 5.66. The van der Waals surface area contributed by atoms with Gasteiger partial charge in [-0.15, -0.1) is 12.6 Å². The van der Waals surface area contributed by atoms with Crippen LogP contribution in [0.15, 0.2) is 22.0 Å². The van der Waals surface area contributed by atoms with Gasteiger partial charge in [-0.05, 0) is 31.9 Å². The van der Waals surface area contributed by atoms with Crippen LogP contribution in [0.1, 0.15) is 18.1 Å². The molecule has 0 aromatic heterocycles. The van der Waals surface area contributed by atoms with Crippen LogP contribution in [0.2, 0.25) is 0 Å². The van der Waals surface area contributed by atoms with Crippen LogP contribution in [0, 0.1) is 13.8 Å². The third kappa shape index (κ3) is 1.69. The Labute approximate surface area is 78.9 Å². The van der Waals surface area contributed by atoms with Gasteiger partial charge < -0.3 is 0 Å². The van der Waals surface area contributed by atoms with Crippen molar-refractivity contribution in [2.24, 2.45) is 4.99 Å². The lowest BCUT2D eigenvalue weighted by atomic mass is 10.1. The molecular formula is C10H13NS. The molecule has 0 aliphatic heterocycles. The summed E-state index contributed by atoms with van der Waals surface area (Å²) in [6.45, 7) is 5.99. The zero-order chi connectivity index (χ0) is 9.14. The Bertz CT molecular complexity index is 316. The van der Waals surface area contributed by atoms with Gasteiger partial charge in [0.2, 0.25) is 0 Å². The van der Waals surface area contributed by atoms with Crippen LogP contribution < -0.4 is 0 Å². The van der Waals surface area contributed by atoms with E-state index < -0.39 is 0 Å². The van der Waals surface area contributed by atoms with Crippen molar-refractivity contribution in [3.8, 4) is 0 Å². The van der Waals surface area contributed by atoms with Crippen LogP contribution in [0.4, 0.5) is 5.69 Å². The van der Waals surface area contributed by atoms with Crippen LogP contribution >= 0.6 is 12.6 Å². The first-order valence-electron chi connectivity index (χ1n) is 3.94. The molecule has 1 aromatic carbocycles. The summed E-state index contributed by atoms with van der Waals surface area (Å²) in [6, 6.07) is 4.13. The summed E-state index contributed by atoms with van der Waals surface area (Å²) >= 11 is 4.40. The Morgan fingerprint density at radius 3 is 2.42 bits per heavy atom. The van der Waals surface area contributed by atoms with Gasteiger partial charge >= 0.3 is 0 Å². The van der Waals surface area contributed by atoms with Crippen LogP contribution in [0.5, 0.6) is 0 Å². The van der Waals surface area contributed by atoms with E-state index in [2.05, 4.69) is 29.8 Å². The molecule has 0 aliphatic rings. The maximum absolute atomic E-state index is 4.40. The SMILES string of the molecule is C/C=N\c1c(C)ccc(C)c1S. The summed E-state index contributed by atoms with van der Waals surface area (Å²) in [5.74, 6) is 0. The molecule has 0 amide bonds. The van der Waals surface area contributed by atoms with Gasteiger partial charge in [0.15, 0.2) is 0 Å². The number of rotatable bonds is 1. The third-order valence-corrected chi connectivity index (χ3v) is 2.38. The minimum absolute atomic E-state index is 0.980. The van der Waals surface area contributed by atoms with Gasteiger partial charge in [-0.1, -0.05) is 12.1 Å². The fraction of sp³-hybridized carbons (Fsp3) is 0.300. The molecule has 0 spiro atoms. The summed E-state index contributed by atoms with van der Waals surface area (Å²) in [5.41, 5.74) is 3.33. The van der Waals surface area contributed by atoms with Gasteiger partial charge in [0.05, 0.1) is 5.69 Å². The zero-order valence-electron chi connectivity index (χ0n) is 7.63. The number of aryl methyl sites for hydroxylation is 2. The molecule has 12 heavy (non-hydrogen) atoms. The molecule has 0 radical (unpaired) electrons. The molecule has 0 aliphatic carbocycles. The smallest absolute Gasteiger partial charge is 0.0790 e. The third-order valence-electron chi connectivity index (χ3n) is 1.81. The van der Waals surface area contributed by atoms with Gasteiger partial charge in [-0.3, -0.25) is 4.99 Å². The summed E-state index contributed by atoms with van der Waals surface area (Å²) in [7, 11) is 0. The minimum atomic E-state index is 0.980. The van der Waals surface area contributed by atoms with Gasteiger partial charge in [0, 0.05) is 11.1 Å². The molecule has 0 heterocycles. The van der Waals surface area contributed by atoms with Crippen molar-refractivity contribution < 1.29 is 0 Å². The van der Waals surface area contributed by atoms with Gasteiger partial charge in [0.25, 0.3) is 0 Å². The Morgan fingerprint density at radius 2 is 1.83 bits per heavy atom. The Kier molecular flexibility index (Phi) is 2.93. The molecule has 64 valence electrons. The van der Waals surface area contributed by atoms with Crippen molar-refractivity contribution in [1.29, 1.82) is 0 Å². The van der Waals surface area contributed by atoms with E-state index in [0.717, 1.165) is 10.6 Å². The number of aliphatic imine (C=N–C) groups is 1. The minimum Gasteiger partial charge on any atom is -0.260 e. The maximum atomic E-state index is 4.40. The number of benzene rings is 1. The highest BCUT2D eigenvalue weighted by molar-refractivity contribution is 7.80. The van der Waals surface area contributed by atoms with E-state index in [-0.39, 0.29) is 0 Å². The van der Waals surface area contributed by atoms with Gasteiger partial charge in [0.1, 0.15) is 0 Å². The predicted molar refractivity (Wildman–Crippen MR) is 57.0 cm³/mol. The lowest BCUT2D eigenvalue weighted by Gasteiger charge is -2.05. The second kappa shape index (κ2) is 3.76. The second-order valence-electron chi connectivity index (χ2n) is 2.78. The molecule has 2 heteroatoms. The molecule has 0 unspecified atom stereocenters. The first-order valence-corrected chi connectivity index (χ1v) is 4.39. The first kappa shape index (κ1) is 9.33. The Hall–Kier alpha value is -0.760. The molecule has 0 bridgehead atoms. The topological polar surface area (TPSA) is 12.4 Å². The normalized spacial score (nSPS) is 11.0. The van der Waals surface area contributed by atoms with E-state index >= 15 is 0 Å². The average Bonchev–Trinajstić information content (AvgIpc) is 2.06. The molecule has 1 rings (SSSR count). The number of hydrogen-bond donors (Lipinski definition) is 1. The van der Waals surface area contributed by atoms with E-state index in [0.29, 0.717) is 0 Å². The largest absolute Gasteiger partial charge is 0.260 e. The standard InChI is InChI=1S/C10H13NS/c1-4-11-9-7(2)5-6-8(3)10(9)12/h4-6,12H,1-3H3/b11-4-.